The van der Waals surface area contributed by atoms with Crippen LogP contribution in [0.4, 0.5) is 5.82 Å². The van der Waals surface area contributed by atoms with E-state index in [1.165, 1.54) is 0 Å². The molecule has 1 aromatic carbocycles. The van der Waals surface area contributed by atoms with E-state index in [1.807, 2.05) is 19.1 Å². The van der Waals surface area contributed by atoms with Crippen molar-refractivity contribution in [2.75, 3.05) is 11.4 Å². The van der Waals surface area contributed by atoms with Gasteiger partial charge in [-0.05, 0) is 33.1 Å². The van der Waals surface area contributed by atoms with Gasteiger partial charge in [0.2, 0.25) is 0 Å². The van der Waals surface area contributed by atoms with E-state index in [4.69, 9.17) is 0 Å². The molecular formula is C16H19N3O. The maximum Gasteiger partial charge on any atom is 0.159 e. The van der Waals surface area contributed by atoms with E-state index in [1.54, 1.807) is 6.92 Å². The molecule has 1 aliphatic rings. The SMILES string of the molecule is CC(=O)C1CCCCN1c1nnc(C)c2ccccc12. The number of ketones is 1. The van der Waals surface area contributed by atoms with Gasteiger partial charge < -0.3 is 4.90 Å². The van der Waals surface area contributed by atoms with Crippen LogP contribution in [0.3, 0.4) is 0 Å². The zero-order chi connectivity index (χ0) is 14.1. The standard InChI is InChI=1S/C16H19N3O/c1-11-13-7-3-4-8-14(13)16(18-17-11)19-10-6-5-9-15(19)12(2)20/h3-4,7-8,15H,5-6,9-10H2,1-2H3. The summed E-state index contributed by atoms with van der Waals surface area (Å²) in [6.07, 6.45) is 3.13. The lowest BCUT2D eigenvalue weighted by atomic mass is 9.98. The number of aromatic nitrogens is 2. The molecule has 2 heterocycles. The van der Waals surface area contributed by atoms with Crippen LogP contribution in [0, 0.1) is 6.92 Å². The van der Waals surface area contributed by atoms with Crippen molar-refractivity contribution in [3.05, 3.63) is 30.0 Å². The van der Waals surface area contributed by atoms with Crippen molar-refractivity contribution in [1.29, 1.82) is 0 Å². The number of hydrogen-bond acceptors (Lipinski definition) is 4. The molecule has 0 radical (unpaired) electrons. The van der Waals surface area contributed by atoms with Gasteiger partial charge in [-0.25, -0.2) is 0 Å². The molecule has 3 rings (SSSR count). The smallest absolute Gasteiger partial charge is 0.159 e. The van der Waals surface area contributed by atoms with Crippen LogP contribution in [-0.4, -0.2) is 28.6 Å². The number of carbonyl (C=O) groups is 1. The molecule has 1 atom stereocenters. The first kappa shape index (κ1) is 13.0. The number of aryl methyl sites for hydroxylation is 1. The molecule has 1 aromatic heterocycles. The molecule has 0 saturated carbocycles. The van der Waals surface area contributed by atoms with Gasteiger partial charge in [0.05, 0.1) is 11.7 Å². The number of nitrogens with zero attached hydrogens (tertiary/aromatic N) is 3. The predicted octanol–water partition coefficient (Wildman–Crippen LogP) is 2.89. The maximum absolute atomic E-state index is 11.9. The summed E-state index contributed by atoms with van der Waals surface area (Å²) in [5.41, 5.74) is 0.931. The molecule has 20 heavy (non-hydrogen) atoms. The lowest BCUT2D eigenvalue weighted by molar-refractivity contribution is -0.118. The van der Waals surface area contributed by atoms with Gasteiger partial charge in [0.15, 0.2) is 11.6 Å². The lowest BCUT2D eigenvalue weighted by Gasteiger charge is -2.35. The van der Waals surface area contributed by atoms with Crippen LogP contribution >= 0.6 is 0 Å². The number of benzene rings is 1. The van der Waals surface area contributed by atoms with Gasteiger partial charge in [-0.15, -0.1) is 5.10 Å². The Morgan fingerprint density at radius 3 is 2.70 bits per heavy atom. The first-order chi connectivity index (χ1) is 9.68. The minimum atomic E-state index is -0.0517. The van der Waals surface area contributed by atoms with E-state index >= 15 is 0 Å². The number of anilines is 1. The third-order valence-electron chi connectivity index (χ3n) is 4.10. The fourth-order valence-electron chi connectivity index (χ4n) is 3.04. The van der Waals surface area contributed by atoms with Gasteiger partial charge in [0, 0.05) is 17.3 Å². The van der Waals surface area contributed by atoms with Crippen molar-refractivity contribution < 1.29 is 4.79 Å². The molecule has 104 valence electrons. The second kappa shape index (κ2) is 5.19. The van der Waals surface area contributed by atoms with Crippen molar-refractivity contribution >= 4 is 22.4 Å². The number of carbonyl (C=O) groups excluding carboxylic acids is 1. The summed E-state index contributed by atoms with van der Waals surface area (Å²) >= 11 is 0. The van der Waals surface area contributed by atoms with Gasteiger partial charge in [-0.1, -0.05) is 24.3 Å². The van der Waals surface area contributed by atoms with Crippen LogP contribution < -0.4 is 4.90 Å². The summed E-state index contributed by atoms with van der Waals surface area (Å²) in [6, 6.07) is 8.11. The average Bonchev–Trinajstić information content (AvgIpc) is 2.48. The van der Waals surface area contributed by atoms with Crippen LogP contribution in [0.2, 0.25) is 0 Å². The topological polar surface area (TPSA) is 46.1 Å². The second-order valence-corrected chi connectivity index (χ2v) is 5.47. The summed E-state index contributed by atoms with van der Waals surface area (Å²) in [4.78, 5) is 14.0. The summed E-state index contributed by atoms with van der Waals surface area (Å²) in [5, 5.41) is 10.9. The maximum atomic E-state index is 11.9. The minimum absolute atomic E-state index is 0.0517. The number of hydrogen-bond donors (Lipinski definition) is 0. The normalized spacial score (nSPS) is 19.3. The van der Waals surface area contributed by atoms with Crippen molar-refractivity contribution in [1.82, 2.24) is 10.2 Å². The van der Waals surface area contributed by atoms with E-state index in [9.17, 15) is 4.79 Å². The highest BCUT2D eigenvalue weighted by Crippen LogP contribution is 2.30. The number of piperidine rings is 1. The molecule has 0 N–H and O–H groups in total. The minimum Gasteiger partial charge on any atom is -0.345 e. The second-order valence-electron chi connectivity index (χ2n) is 5.47. The molecule has 1 aliphatic heterocycles. The molecule has 2 aromatic rings. The van der Waals surface area contributed by atoms with Gasteiger partial charge in [-0.2, -0.15) is 5.10 Å². The molecule has 1 fully saturated rings. The van der Waals surface area contributed by atoms with Crippen molar-refractivity contribution in [3.63, 3.8) is 0 Å². The Balaban J connectivity index is 2.13. The first-order valence-corrected chi connectivity index (χ1v) is 7.17. The van der Waals surface area contributed by atoms with E-state index < -0.39 is 0 Å². The largest absolute Gasteiger partial charge is 0.345 e. The Bertz CT molecular complexity index is 653. The first-order valence-electron chi connectivity index (χ1n) is 7.17. The lowest BCUT2D eigenvalue weighted by Crippen LogP contribution is -2.44. The summed E-state index contributed by atoms with van der Waals surface area (Å²) in [6.45, 7) is 4.52. The van der Waals surface area contributed by atoms with E-state index in [2.05, 4.69) is 27.2 Å². The highest BCUT2D eigenvalue weighted by molar-refractivity contribution is 5.95. The quantitative estimate of drug-likeness (QED) is 0.841. The van der Waals surface area contributed by atoms with Crippen LogP contribution in [0.1, 0.15) is 31.9 Å². The number of Topliss-reactive ketones (excluding diaryl/α,β-unsaturated/α-hetero) is 1. The fraction of sp³-hybridized carbons (Fsp3) is 0.438. The van der Waals surface area contributed by atoms with E-state index in [0.717, 1.165) is 48.1 Å². The van der Waals surface area contributed by atoms with Gasteiger partial charge >= 0.3 is 0 Å². The molecule has 1 saturated heterocycles. The predicted molar refractivity (Wildman–Crippen MR) is 79.9 cm³/mol. The summed E-state index contributed by atoms with van der Waals surface area (Å²) < 4.78 is 0. The van der Waals surface area contributed by atoms with Crippen LogP contribution in [0.15, 0.2) is 24.3 Å². The van der Waals surface area contributed by atoms with Crippen LogP contribution in [0.25, 0.3) is 10.8 Å². The van der Waals surface area contributed by atoms with Gasteiger partial charge in [-0.3, -0.25) is 4.79 Å². The van der Waals surface area contributed by atoms with Gasteiger partial charge in [0.1, 0.15) is 0 Å². The van der Waals surface area contributed by atoms with E-state index in [-0.39, 0.29) is 11.8 Å². The van der Waals surface area contributed by atoms with Crippen molar-refractivity contribution in [3.8, 4) is 0 Å². The zero-order valence-corrected chi connectivity index (χ0v) is 12.0. The highest BCUT2D eigenvalue weighted by Gasteiger charge is 2.28. The third-order valence-corrected chi connectivity index (χ3v) is 4.10. The molecule has 4 nitrogen and oxygen atoms in total. The molecule has 0 aliphatic carbocycles. The Morgan fingerprint density at radius 1 is 1.20 bits per heavy atom. The number of rotatable bonds is 2. The third kappa shape index (κ3) is 2.15. The highest BCUT2D eigenvalue weighted by atomic mass is 16.1. The molecule has 0 bridgehead atoms. The monoisotopic (exact) mass is 269 g/mol. The van der Waals surface area contributed by atoms with Crippen LogP contribution in [0.5, 0.6) is 0 Å². The molecule has 1 unspecified atom stereocenters. The fourth-order valence-corrected chi connectivity index (χ4v) is 3.04. The molecular weight excluding hydrogens is 250 g/mol. The zero-order valence-electron chi connectivity index (χ0n) is 12.0. The van der Waals surface area contributed by atoms with Gasteiger partial charge in [0.25, 0.3) is 0 Å². The molecule has 0 spiro atoms. The molecule has 4 heteroatoms. The summed E-state index contributed by atoms with van der Waals surface area (Å²) in [5.74, 6) is 1.07. The van der Waals surface area contributed by atoms with Crippen molar-refractivity contribution in [2.45, 2.75) is 39.2 Å². The van der Waals surface area contributed by atoms with Crippen LogP contribution in [-0.2, 0) is 4.79 Å². The Labute approximate surface area is 118 Å². The number of fused-ring (bicyclic) bond motifs is 1. The van der Waals surface area contributed by atoms with Crippen molar-refractivity contribution in [2.24, 2.45) is 0 Å². The average molecular weight is 269 g/mol. The Morgan fingerprint density at radius 2 is 1.95 bits per heavy atom. The Hall–Kier alpha value is -1.97. The van der Waals surface area contributed by atoms with E-state index in [0.29, 0.717) is 0 Å². The summed E-state index contributed by atoms with van der Waals surface area (Å²) in [7, 11) is 0. The molecule has 0 amide bonds. The Kier molecular flexibility index (Phi) is 3.38.